The van der Waals surface area contributed by atoms with Crippen LogP contribution in [0.25, 0.3) is 0 Å². The molecular formula is C13H27BN2O5. The van der Waals surface area contributed by atoms with Crippen LogP contribution in [-0.2, 0) is 4.79 Å². The number of piperidine rings is 1. The molecule has 7 nitrogen and oxygen atoms in total. The normalized spacial score (nSPS) is 22.8. The molecule has 1 fully saturated rings. The molecule has 0 spiro atoms. The van der Waals surface area contributed by atoms with Gasteiger partial charge in [-0.05, 0) is 38.5 Å². The number of carboxylic acids is 1. The van der Waals surface area contributed by atoms with Crippen LogP contribution in [0.15, 0.2) is 0 Å². The Hall–Kier alpha value is -0.665. The molecule has 1 aliphatic heterocycles. The van der Waals surface area contributed by atoms with E-state index >= 15 is 0 Å². The first-order chi connectivity index (χ1) is 9.83. The van der Waals surface area contributed by atoms with Crippen molar-refractivity contribution < 1.29 is 25.1 Å². The van der Waals surface area contributed by atoms with E-state index in [0.717, 1.165) is 19.4 Å². The first-order valence-corrected chi connectivity index (χ1v) is 7.62. The molecule has 0 amide bonds. The van der Waals surface area contributed by atoms with Gasteiger partial charge in [0.1, 0.15) is 5.54 Å². The van der Waals surface area contributed by atoms with E-state index in [-0.39, 0.29) is 12.4 Å². The largest absolute Gasteiger partial charge is 0.480 e. The highest BCUT2D eigenvalue weighted by Gasteiger charge is 2.34. The molecule has 0 aromatic carbocycles. The van der Waals surface area contributed by atoms with E-state index in [4.69, 9.17) is 15.8 Å². The van der Waals surface area contributed by atoms with Crippen LogP contribution < -0.4 is 5.73 Å². The van der Waals surface area contributed by atoms with Crippen molar-refractivity contribution in [2.24, 2.45) is 5.73 Å². The van der Waals surface area contributed by atoms with E-state index in [0.29, 0.717) is 38.8 Å². The Morgan fingerprint density at radius 2 is 2.05 bits per heavy atom. The molecule has 0 bridgehead atoms. The second kappa shape index (κ2) is 8.70. The van der Waals surface area contributed by atoms with Crippen LogP contribution in [0.5, 0.6) is 0 Å². The SMILES string of the molecule is N[C@](CCCCB(O)O)(CCN1CCC[C@H](O)C1)C(=O)O. The maximum absolute atomic E-state index is 11.4. The number of rotatable bonds is 9. The van der Waals surface area contributed by atoms with Crippen LogP contribution in [0.1, 0.15) is 38.5 Å². The third kappa shape index (κ3) is 6.75. The number of carbonyl (C=O) groups is 1. The van der Waals surface area contributed by atoms with Crippen molar-refractivity contribution in [1.82, 2.24) is 4.90 Å². The van der Waals surface area contributed by atoms with Crippen LogP contribution in [0, 0.1) is 0 Å². The molecule has 0 aromatic rings. The standard InChI is InChI=1S/C13H27BN2O5/c15-13(12(18)19,5-1-2-7-14(20)21)6-9-16-8-3-4-11(17)10-16/h11,17,20-21H,1-10,15H2,(H,18,19)/t11-,13+/m0/s1. The molecule has 0 aliphatic carbocycles. The molecule has 1 saturated heterocycles. The number of β-amino-alcohol motifs (C(OH)–C–C–N with tert-alkyl or cyclic N) is 1. The highest BCUT2D eigenvalue weighted by molar-refractivity contribution is 6.40. The molecule has 21 heavy (non-hydrogen) atoms. The molecule has 0 radical (unpaired) electrons. The fraction of sp³-hybridized carbons (Fsp3) is 0.923. The molecule has 122 valence electrons. The zero-order chi connectivity index (χ0) is 15.9. The van der Waals surface area contributed by atoms with E-state index in [9.17, 15) is 15.0 Å². The minimum atomic E-state index is -1.35. The Bertz CT molecular complexity index is 332. The van der Waals surface area contributed by atoms with Gasteiger partial charge in [0.05, 0.1) is 6.10 Å². The summed E-state index contributed by atoms with van der Waals surface area (Å²) in [4.78, 5) is 13.4. The summed E-state index contributed by atoms with van der Waals surface area (Å²) >= 11 is 0. The maximum Gasteiger partial charge on any atom is 0.451 e. The summed E-state index contributed by atoms with van der Waals surface area (Å²) < 4.78 is 0. The molecule has 2 atom stereocenters. The average molecular weight is 302 g/mol. The first-order valence-electron chi connectivity index (χ1n) is 7.62. The minimum absolute atomic E-state index is 0.230. The quantitative estimate of drug-likeness (QED) is 0.280. The van der Waals surface area contributed by atoms with Crippen LogP contribution in [0.3, 0.4) is 0 Å². The predicted octanol–water partition coefficient (Wildman–Crippen LogP) is -0.742. The van der Waals surface area contributed by atoms with Gasteiger partial charge in [-0.15, -0.1) is 0 Å². The number of nitrogens with zero attached hydrogens (tertiary/aromatic N) is 1. The minimum Gasteiger partial charge on any atom is -0.480 e. The molecule has 0 aromatic heterocycles. The summed E-state index contributed by atoms with van der Waals surface area (Å²) in [5, 5.41) is 36.5. The Labute approximate surface area is 125 Å². The van der Waals surface area contributed by atoms with Crippen LogP contribution in [-0.4, -0.2) is 69.5 Å². The zero-order valence-corrected chi connectivity index (χ0v) is 12.4. The fourth-order valence-electron chi connectivity index (χ4n) is 2.70. The number of likely N-dealkylation sites (tertiary alicyclic amines) is 1. The Morgan fingerprint density at radius 1 is 1.33 bits per heavy atom. The van der Waals surface area contributed by atoms with Gasteiger partial charge in [-0.3, -0.25) is 4.79 Å². The van der Waals surface area contributed by atoms with Gasteiger partial charge in [-0.25, -0.2) is 0 Å². The molecule has 6 N–H and O–H groups in total. The second-order valence-electron chi connectivity index (χ2n) is 6.03. The van der Waals surface area contributed by atoms with Gasteiger partial charge < -0.3 is 30.9 Å². The van der Waals surface area contributed by atoms with Crippen LogP contribution in [0.2, 0.25) is 6.32 Å². The van der Waals surface area contributed by atoms with E-state index in [1.165, 1.54) is 0 Å². The molecule has 8 heteroatoms. The number of aliphatic carboxylic acids is 1. The van der Waals surface area contributed by atoms with Crippen molar-refractivity contribution in [3.05, 3.63) is 0 Å². The smallest absolute Gasteiger partial charge is 0.451 e. The second-order valence-corrected chi connectivity index (χ2v) is 6.03. The average Bonchev–Trinajstić information content (AvgIpc) is 2.41. The number of nitrogens with two attached hydrogens (primary N) is 1. The number of unbranched alkanes of at least 4 members (excludes halogenated alkanes) is 1. The van der Waals surface area contributed by atoms with Crippen molar-refractivity contribution in [1.29, 1.82) is 0 Å². The lowest BCUT2D eigenvalue weighted by Crippen LogP contribution is -2.51. The summed E-state index contributed by atoms with van der Waals surface area (Å²) in [6.07, 6.45) is 3.33. The van der Waals surface area contributed by atoms with Gasteiger partial charge in [-0.1, -0.05) is 12.8 Å². The van der Waals surface area contributed by atoms with Gasteiger partial charge in [0, 0.05) is 13.1 Å². The van der Waals surface area contributed by atoms with Crippen LogP contribution in [0.4, 0.5) is 0 Å². The molecule has 1 heterocycles. The molecular weight excluding hydrogens is 275 g/mol. The van der Waals surface area contributed by atoms with Gasteiger partial charge in [0.2, 0.25) is 0 Å². The van der Waals surface area contributed by atoms with Crippen molar-refractivity contribution in [3.63, 3.8) is 0 Å². The van der Waals surface area contributed by atoms with E-state index < -0.39 is 18.6 Å². The monoisotopic (exact) mass is 302 g/mol. The van der Waals surface area contributed by atoms with E-state index in [1.54, 1.807) is 0 Å². The van der Waals surface area contributed by atoms with E-state index in [1.807, 2.05) is 0 Å². The number of carboxylic acid groups (broad SMARTS) is 1. The summed E-state index contributed by atoms with van der Waals surface area (Å²) in [6, 6.07) is 0. The number of aliphatic hydroxyl groups excluding tert-OH is 1. The van der Waals surface area contributed by atoms with Gasteiger partial charge in [-0.2, -0.15) is 0 Å². The Kier molecular flexibility index (Phi) is 7.62. The van der Waals surface area contributed by atoms with Crippen molar-refractivity contribution in [2.45, 2.75) is 56.5 Å². The lowest BCUT2D eigenvalue weighted by molar-refractivity contribution is -0.144. The van der Waals surface area contributed by atoms with Gasteiger partial charge >= 0.3 is 13.1 Å². The molecule has 1 rings (SSSR count). The van der Waals surface area contributed by atoms with Crippen LogP contribution >= 0.6 is 0 Å². The maximum atomic E-state index is 11.4. The zero-order valence-electron chi connectivity index (χ0n) is 12.4. The van der Waals surface area contributed by atoms with Gasteiger partial charge in [0.25, 0.3) is 0 Å². The summed E-state index contributed by atoms with van der Waals surface area (Å²) in [5.41, 5.74) is 4.71. The summed E-state index contributed by atoms with van der Waals surface area (Å²) in [6.45, 7) is 2.00. The lowest BCUT2D eigenvalue weighted by Gasteiger charge is -2.33. The predicted molar refractivity (Wildman–Crippen MR) is 79.7 cm³/mol. The Morgan fingerprint density at radius 3 is 2.62 bits per heavy atom. The molecule has 0 unspecified atom stereocenters. The van der Waals surface area contributed by atoms with Crippen molar-refractivity contribution in [3.8, 4) is 0 Å². The third-order valence-corrected chi connectivity index (χ3v) is 4.12. The van der Waals surface area contributed by atoms with Crippen molar-refractivity contribution in [2.75, 3.05) is 19.6 Å². The highest BCUT2D eigenvalue weighted by atomic mass is 16.4. The number of hydrogen-bond donors (Lipinski definition) is 5. The van der Waals surface area contributed by atoms with Gasteiger partial charge in [0.15, 0.2) is 0 Å². The lowest BCUT2D eigenvalue weighted by atomic mass is 9.81. The summed E-state index contributed by atoms with van der Waals surface area (Å²) in [7, 11) is -1.35. The summed E-state index contributed by atoms with van der Waals surface area (Å²) in [5.74, 6) is -1.02. The Balaban J connectivity index is 2.38. The van der Waals surface area contributed by atoms with E-state index in [2.05, 4.69) is 4.90 Å². The van der Waals surface area contributed by atoms with Crippen molar-refractivity contribution >= 4 is 13.1 Å². The molecule has 0 saturated carbocycles. The number of aliphatic hydroxyl groups is 1. The highest BCUT2D eigenvalue weighted by Crippen LogP contribution is 2.19. The third-order valence-electron chi connectivity index (χ3n) is 4.12. The number of hydrogen-bond acceptors (Lipinski definition) is 6. The molecule has 1 aliphatic rings. The topological polar surface area (TPSA) is 127 Å². The first kappa shape index (κ1) is 18.4. The fourth-order valence-corrected chi connectivity index (χ4v) is 2.70.